The minimum atomic E-state index is -0.168. The van der Waals surface area contributed by atoms with E-state index in [1.54, 1.807) is 7.11 Å². The van der Waals surface area contributed by atoms with Gasteiger partial charge in [0.05, 0.1) is 12.6 Å². The molecule has 5 nitrogen and oxygen atoms in total. The van der Waals surface area contributed by atoms with Crippen molar-refractivity contribution in [2.24, 2.45) is 11.7 Å². The predicted octanol–water partition coefficient (Wildman–Crippen LogP) is 1.30. The molecule has 1 rings (SSSR count). The lowest BCUT2D eigenvalue weighted by Crippen LogP contribution is -2.18. The van der Waals surface area contributed by atoms with Crippen molar-refractivity contribution in [1.29, 1.82) is 0 Å². The van der Waals surface area contributed by atoms with E-state index in [0.717, 1.165) is 6.42 Å². The molecule has 86 valence electrons. The number of ether oxygens (including phenoxy) is 1. The highest BCUT2D eigenvalue weighted by molar-refractivity contribution is 4.93. The van der Waals surface area contributed by atoms with E-state index in [4.69, 9.17) is 15.0 Å². The molecular formula is C10H19N3O2. The standard InChI is InChI=1S/C10H19N3O2/c1-4-7(2)9(11)10-12-8(13-15-10)5-6-14-3/h7,9H,4-6,11H2,1-3H3. The Bertz CT molecular complexity index is 288. The van der Waals surface area contributed by atoms with Gasteiger partial charge in [0.1, 0.15) is 0 Å². The summed E-state index contributed by atoms with van der Waals surface area (Å²) in [6.45, 7) is 4.76. The van der Waals surface area contributed by atoms with Gasteiger partial charge in [0, 0.05) is 13.5 Å². The molecule has 0 spiro atoms. The summed E-state index contributed by atoms with van der Waals surface area (Å²) in [4.78, 5) is 4.23. The minimum absolute atomic E-state index is 0.168. The predicted molar refractivity (Wildman–Crippen MR) is 56.3 cm³/mol. The Morgan fingerprint density at radius 3 is 2.87 bits per heavy atom. The van der Waals surface area contributed by atoms with Crippen molar-refractivity contribution < 1.29 is 9.26 Å². The van der Waals surface area contributed by atoms with Crippen LogP contribution in [0, 0.1) is 5.92 Å². The van der Waals surface area contributed by atoms with Crippen molar-refractivity contribution in [2.75, 3.05) is 13.7 Å². The first-order valence-corrected chi connectivity index (χ1v) is 5.26. The zero-order valence-electron chi connectivity index (χ0n) is 9.56. The second-order valence-electron chi connectivity index (χ2n) is 3.70. The van der Waals surface area contributed by atoms with Crippen LogP contribution < -0.4 is 5.73 Å². The maximum absolute atomic E-state index is 5.96. The SMILES string of the molecule is CCC(C)C(N)c1nc(CCOC)no1. The van der Waals surface area contributed by atoms with Gasteiger partial charge in [-0.05, 0) is 5.92 Å². The van der Waals surface area contributed by atoms with Gasteiger partial charge in [-0.1, -0.05) is 25.4 Å². The van der Waals surface area contributed by atoms with Gasteiger partial charge < -0.3 is 15.0 Å². The van der Waals surface area contributed by atoms with E-state index in [0.29, 0.717) is 30.7 Å². The molecule has 0 amide bonds. The van der Waals surface area contributed by atoms with Gasteiger partial charge in [-0.15, -0.1) is 0 Å². The maximum atomic E-state index is 5.96. The molecule has 0 aromatic carbocycles. The van der Waals surface area contributed by atoms with Crippen LogP contribution in [0.3, 0.4) is 0 Å². The summed E-state index contributed by atoms with van der Waals surface area (Å²) < 4.78 is 10.0. The molecule has 1 aromatic rings. The first-order valence-electron chi connectivity index (χ1n) is 5.26. The summed E-state index contributed by atoms with van der Waals surface area (Å²) >= 11 is 0. The van der Waals surface area contributed by atoms with E-state index < -0.39 is 0 Å². The molecule has 0 aliphatic heterocycles. The summed E-state index contributed by atoms with van der Waals surface area (Å²) in [6.07, 6.45) is 1.66. The molecule has 0 radical (unpaired) electrons. The molecule has 2 atom stereocenters. The van der Waals surface area contributed by atoms with E-state index in [1.807, 2.05) is 0 Å². The Labute approximate surface area is 90.0 Å². The van der Waals surface area contributed by atoms with Crippen molar-refractivity contribution in [2.45, 2.75) is 32.7 Å². The van der Waals surface area contributed by atoms with Gasteiger partial charge in [-0.2, -0.15) is 4.98 Å². The number of nitrogens with zero attached hydrogens (tertiary/aromatic N) is 2. The third kappa shape index (κ3) is 3.28. The summed E-state index contributed by atoms with van der Waals surface area (Å²) in [5.41, 5.74) is 5.96. The van der Waals surface area contributed by atoms with Crippen LogP contribution in [0.1, 0.15) is 38.0 Å². The van der Waals surface area contributed by atoms with E-state index in [1.165, 1.54) is 0 Å². The third-order valence-electron chi connectivity index (χ3n) is 2.56. The zero-order valence-corrected chi connectivity index (χ0v) is 9.56. The summed E-state index contributed by atoms with van der Waals surface area (Å²) in [5.74, 6) is 1.53. The van der Waals surface area contributed by atoms with Gasteiger partial charge in [0.2, 0.25) is 5.89 Å². The van der Waals surface area contributed by atoms with Crippen molar-refractivity contribution in [3.05, 3.63) is 11.7 Å². The molecule has 0 saturated carbocycles. The van der Waals surface area contributed by atoms with E-state index in [-0.39, 0.29) is 6.04 Å². The number of hydrogen-bond acceptors (Lipinski definition) is 5. The van der Waals surface area contributed by atoms with Crippen LogP contribution >= 0.6 is 0 Å². The molecule has 0 aliphatic rings. The van der Waals surface area contributed by atoms with Crippen LogP contribution in [0.2, 0.25) is 0 Å². The molecule has 15 heavy (non-hydrogen) atoms. The monoisotopic (exact) mass is 213 g/mol. The third-order valence-corrected chi connectivity index (χ3v) is 2.56. The van der Waals surface area contributed by atoms with E-state index >= 15 is 0 Å². The first-order chi connectivity index (χ1) is 7.19. The average Bonchev–Trinajstić information content (AvgIpc) is 2.72. The van der Waals surface area contributed by atoms with E-state index in [9.17, 15) is 0 Å². The van der Waals surface area contributed by atoms with Crippen LogP contribution in [-0.2, 0) is 11.2 Å². The molecule has 0 aliphatic carbocycles. The van der Waals surface area contributed by atoms with Crippen molar-refractivity contribution >= 4 is 0 Å². The molecule has 5 heteroatoms. The van der Waals surface area contributed by atoms with Crippen LogP contribution in [0.25, 0.3) is 0 Å². The molecule has 1 heterocycles. The lowest BCUT2D eigenvalue weighted by molar-refractivity contribution is 0.199. The van der Waals surface area contributed by atoms with Gasteiger partial charge in [-0.25, -0.2) is 0 Å². The molecule has 2 unspecified atom stereocenters. The Hall–Kier alpha value is -0.940. The fourth-order valence-electron chi connectivity index (χ4n) is 1.20. The first kappa shape index (κ1) is 12.1. The zero-order chi connectivity index (χ0) is 11.3. The van der Waals surface area contributed by atoms with Gasteiger partial charge in [0.25, 0.3) is 0 Å². The molecule has 0 bridgehead atoms. The highest BCUT2D eigenvalue weighted by atomic mass is 16.5. The van der Waals surface area contributed by atoms with Gasteiger partial charge in [0.15, 0.2) is 5.82 Å². The smallest absolute Gasteiger partial charge is 0.243 e. The molecule has 0 saturated heterocycles. The largest absolute Gasteiger partial charge is 0.384 e. The molecule has 1 aromatic heterocycles. The van der Waals surface area contributed by atoms with Crippen molar-refractivity contribution in [1.82, 2.24) is 10.1 Å². The number of aromatic nitrogens is 2. The normalized spacial score (nSPS) is 15.2. The Morgan fingerprint density at radius 1 is 1.53 bits per heavy atom. The van der Waals surface area contributed by atoms with Gasteiger partial charge >= 0.3 is 0 Å². The summed E-state index contributed by atoms with van der Waals surface area (Å²) in [6, 6.07) is -0.168. The summed E-state index contributed by atoms with van der Waals surface area (Å²) in [5, 5.41) is 3.85. The van der Waals surface area contributed by atoms with Gasteiger partial charge in [-0.3, -0.25) is 0 Å². The number of methoxy groups -OCH3 is 1. The Balaban J connectivity index is 2.58. The Morgan fingerprint density at radius 2 is 2.27 bits per heavy atom. The quantitative estimate of drug-likeness (QED) is 0.771. The molecular weight excluding hydrogens is 194 g/mol. The highest BCUT2D eigenvalue weighted by Gasteiger charge is 2.19. The fraction of sp³-hybridized carbons (Fsp3) is 0.800. The van der Waals surface area contributed by atoms with Crippen molar-refractivity contribution in [3.8, 4) is 0 Å². The summed E-state index contributed by atoms with van der Waals surface area (Å²) in [7, 11) is 1.64. The Kier molecular flexibility index (Phi) is 4.71. The number of rotatable bonds is 6. The maximum Gasteiger partial charge on any atom is 0.243 e. The minimum Gasteiger partial charge on any atom is -0.384 e. The average molecular weight is 213 g/mol. The topological polar surface area (TPSA) is 74.2 Å². The van der Waals surface area contributed by atoms with Crippen LogP contribution in [0.5, 0.6) is 0 Å². The van der Waals surface area contributed by atoms with E-state index in [2.05, 4.69) is 24.0 Å². The lowest BCUT2D eigenvalue weighted by atomic mass is 10.0. The fourth-order valence-corrected chi connectivity index (χ4v) is 1.20. The van der Waals surface area contributed by atoms with Crippen LogP contribution in [0.15, 0.2) is 4.52 Å². The van der Waals surface area contributed by atoms with Crippen molar-refractivity contribution in [3.63, 3.8) is 0 Å². The highest BCUT2D eigenvalue weighted by Crippen LogP contribution is 2.19. The molecule has 2 N–H and O–H groups in total. The number of hydrogen-bond donors (Lipinski definition) is 1. The van der Waals surface area contributed by atoms with Crippen LogP contribution in [0.4, 0.5) is 0 Å². The lowest BCUT2D eigenvalue weighted by Gasteiger charge is -2.12. The molecule has 0 fully saturated rings. The second-order valence-corrected chi connectivity index (χ2v) is 3.70. The van der Waals surface area contributed by atoms with Crippen LogP contribution in [-0.4, -0.2) is 23.9 Å². The number of nitrogens with two attached hydrogens (primary N) is 1. The second kappa shape index (κ2) is 5.82.